The first-order valence-electron chi connectivity index (χ1n) is 10.9. The van der Waals surface area contributed by atoms with Crippen LogP contribution in [0.25, 0.3) is 6.08 Å². The number of anilines is 2. The molecule has 32 heavy (non-hydrogen) atoms. The predicted octanol–water partition coefficient (Wildman–Crippen LogP) is 2.97. The van der Waals surface area contributed by atoms with Crippen molar-refractivity contribution < 1.29 is 13.2 Å². The summed E-state index contributed by atoms with van der Waals surface area (Å²) in [6.07, 6.45) is 1.50. The molecule has 2 aromatic carbocycles. The van der Waals surface area contributed by atoms with Crippen LogP contribution < -0.4 is 14.9 Å². The van der Waals surface area contributed by atoms with Crippen LogP contribution in [0.15, 0.2) is 47.9 Å². The zero-order chi connectivity index (χ0) is 23.1. The molecule has 0 saturated carbocycles. The lowest BCUT2D eigenvalue weighted by Crippen LogP contribution is -2.46. The highest BCUT2D eigenvalue weighted by molar-refractivity contribution is 7.92. The SMILES string of the molecule is CCN1CCN(c2ccc(NC(=O)CNS(=O)(=O)/C=C/c3ccc(C)cc3)cc2C)CC1. The van der Waals surface area contributed by atoms with Gasteiger partial charge in [0.25, 0.3) is 0 Å². The van der Waals surface area contributed by atoms with Gasteiger partial charge in [0.15, 0.2) is 0 Å². The molecule has 0 aromatic heterocycles. The van der Waals surface area contributed by atoms with Gasteiger partial charge in [0.1, 0.15) is 0 Å². The van der Waals surface area contributed by atoms with E-state index in [9.17, 15) is 13.2 Å². The van der Waals surface area contributed by atoms with E-state index in [0.29, 0.717) is 5.69 Å². The van der Waals surface area contributed by atoms with Gasteiger partial charge in [-0.05, 0) is 55.8 Å². The van der Waals surface area contributed by atoms with Crippen molar-refractivity contribution in [2.75, 3.05) is 49.5 Å². The zero-order valence-electron chi connectivity index (χ0n) is 19.0. The zero-order valence-corrected chi connectivity index (χ0v) is 19.8. The number of sulfonamides is 1. The number of amides is 1. The number of likely N-dealkylation sites (N-methyl/N-ethyl adjacent to an activating group) is 1. The van der Waals surface area contributed by atoms with Crippen LogP contribution in [0.2, 0.25) is 0 Å². The quantitative estimate of drug-likeness (QED) is 0.638. The van der Waals surface area contributed by atoms with Gasteiger partial charge in [0, 0.05) is 43.0 Å². The lowest BCUT2D eigenvalue weighted by molar-refractivity contribution is -0.115. The summed E-state index contributed by atoms with van der Waals surface area (Å²) in [6.45, 7) is 11.0. The highest BCUT2D eigenvalue weighted by Gasteiger charge is 2.17. The Hall–Kier alpha value is -2.68. The molecule has 172 valence electrons. The summed E-state index contributed by atoms with van der Waals surface area (Å²) in [5.41, 5.74) is 4.77. The van der Waals surface area contributed by atoms with E-state index >= 15 is 0 Å². The molecule has 1 aliphatic rings. The van der Waals surface area contributed by atoms with Crippen LogP contribution in [-0.4, -0.2) is 58.5 Å². The van der Waals surface area contributed by atoms with Gasteiger partial charge in [-0.2, -0.15) is 0 Å². The normalized spacial score (nSPS) is 15.3. The van der Waals surface area contributed by atoms with Gasteiger partial charge >= 0.3 is 0 Å². The fourth-order valence-corrected chi connectivity index (χ4v) is 4.42. The third kappa shape index (κ3) is 6.91. The minimum atomic E-state index is -3.72. The second kappa shape index (κ2) is 10.8. The summed E-state index contributed by atoms with van der Waals surface area (Å²) < 4.78 is 26.6. The molecule has 0 aliphatic carbocycles. The van der Waals surface area contributed by atoms with Crippen molar-refractivity contribution in [3.05, 3.63) is 64.6 Å². The van der Waals surface area contributed by atoms with Gasteiger partial charge in [-0.15, -0.1) is 0 Å². The van der Waals surface area contributed by atoms with Crippen molar-refractivity contribution >= 4 is 33.4 Å². The van der Waals surface area contributed by atoms with E-state index < -0.39 is 15.9 Å². The molecule has 0 bridgehead atoms. The monoisotopic (exact) mass is 456 g/mol. The number of hydrogen-bond acceptors (Lipinski definition) is 5. The first kappa shape index (κ1) is 24.0. The van der Waals surface area contributed by atoms with E-state index in [2.05, 4.69) is 26.8 Å². The Balaban J connectivity index is 1.52. The molecule has 1 heterocycles. The smallest absolute Gasteiger partial charge is 0.239 e. The van der Waals surface area contributed by atoms with Crippen molar-refractivity contribution in [2.45, 2.75) is 20.8 Å². The maximum atomic E-state index is 12.3. The molecule has 1 amide bonds. The highest BCUT2D eigenvalue weighted by Crippen LogP contribution is 2.24. The van der Waals surface area contributed by atoms with Crippen molar-refractivity contribution in [1.82, 2.24) is 9.62 Å². The molecule has 0 spiro atoms. The number of nitrogens with zero attached hydrogens (tertiary/aromatic N) is 2. The van der Waals surface area contributed by atoms with Crippen molar-refractivity contribution in [1.29, 1.82) is 0 Å². The van der Waals surface area contributed by atoms with Crippen LogP contribution in [0, 0.1) is 13.8 Å². The molecule has 2 N–H and O–H groups in total. The number of benzene rings is 2. The molecule has 2 aromatic rings. The Kier molecular flexibility index (Phi) is 8.06. The Morgan fingerprint density at radius 1 is 1.03 bits per heavy atom. The third-order valence-electron chi connectivity index (χ3n) is 5.59. The van der Waals surface area contributed by atoms with Crippen molar-refractivity contribution in [3.8, 4) is 0 Å². The van der Waals surface area contributed by atoms with Gasteiger partial charge < -0.3 is 15.1 Å². The lowest BCUT2D eigenvalue weighted by Gasteiger charge is -2.36. The molecule has 0 radical (unpaired) electrons. The topological polar surface area (TPSA) is 81.8 Å². The number of hydrogen-bond donors (Lipinski definition) is 2. The molecule has 0 unspecified atom stereocenters. The van der Waals surface area contributed by atoms with Gasteiger partial charge in [0.2, 0.25) is 15.9 Å². The minimum absolute atomic E-state index is 0.333. The van der Waals surface area contributed by atoms with Crippen LogP contribution in [0.4, 0.5) is 11.4 Å². The van der Waals surface area contributed by atoms with Crippen LogP contribution in [-0.2, 0) is 14.8 Å². The number of nitrogens with one attached hydrogen (secondary N) is 2. The van der Waals surface area contributed by atoms with Gasteiger partial charge in [0.05, 0.1) is 6.54 Å². The second-order valence-corrected chi connectivity index (χ2v) is 9.70. The average Bonchev–Trinajstić information content (AvgIpc) is 2.78. The standard InChI is InChI=1S/C24H32N4O3S/c1-4-27-12-14-28(15-13-27)23-10-9-22(17-20(23)3)26-24(29)18-25-32(30,31)16-11-21-7-5-19(2)6-8-21/h5-11,16-17,25H,4,12-15,18H2,1-3H3,(H,26,29)/b16-11+. The molecular formula is C24H32N4O3S. The van der Waals surface area contributed by atoms with E-state index in [-0.39, 0.29) is 6.54 Å². The van der Waals surface area contributed by atoms with E-state index in [4.69, 9.17) is 0 Å². The summed E-state index contributed by atoms with van der Waals surface area (Å²) in [4.78, 5) is 17.1. The van der Waals surface area contributed by atoms with E-state index in [1.165, 1.54) is 11.8 Å². The number of aryl methyl sites for hydroxylation is 2. The second-order valence-electron chi connectivity index (χ2n) is 8.05. The number of piperazine rings is 1. The average molecular weight is 457 g/mol. The summed E-state index contributed by atoms with van der Waals surface area (Å²) in [6, 6.07) is 13.3. The van der Waals surface area contributed by atoms with Gasteiger partial charge in [-0.1, -0.05) is 36.8 Å². The van der Waals surface area contributed by atoms with Crippen LogP contribution >= 0.6 is 0 Å². The molecule has 1 aliphatic heterocycles. The molecular weight excluding hydrogens is 424 g/mol. The van der Waals surface area contributed by atoms with Crippen molar-refractivity contribution in [2.24, 2.45) is 0 Å². The van der Waals surface area contributed by atoms with E-state index in [1.54, 1.807) is 0 Å². The Labute approximate surface area is 191 Å². The van der Waals surface area contributed by atoms with Crippen LogP contribution in [0.3, 0.4) is 0 Å². The number of carbonyl (C=O) groups is 1. The molecule has 1 saturated heterocycles. The predicted molar refractivity (Wildman–Crippen MR) is 131 cm³/mol. The highest BCUT2D eigenvalue weighted by atomic mass is 32.2. The number of rotatable bonds is 8. The van der Waals surface area contributed by atoms with Gasteiger partial charge in [-0.25, -0.2) is 13.1 Å². The number of carbonyl (C=O) groups excluding carboxylic acids is 1. The molecule has 7 nitrogen and oxygen atoms in total. The van der Waals surface area contributed by atoms with Crippen molar-refractivity contribution in [3.63, 3.8) is 0 Å². The van der Waals surface area contributed by atoms with Gasteiger partial charge in [-0.3, -0.25) is 4.79 Å². The fraction of sp³-hybridized carbons (Fsp3) is 0.375. The third-order valence-corrected chi connectivity index (χ3v) is 6.63. The minimum Gasteiger partial charge on any atom is -0.369 e. The fourth-order valence-electron chi connectivity index (χ4n) is 3.66. The van der Waals surface area contributed by atoms with E-state index in [1.807, 2.05) is 56.3 Å². The summed E-state index contributed by atoms with van der Waals surface area (Å²) >= 11 is 0. The maximum Gasteiger partial charge on any atom is 0.239 e. The molecule has 1 fully saturated rings. The Morgan fingerprint density at radius 3 is 2.34 bits per heavy atom. The summed E-state index contributed by atoms with van der Waals surface area (Å²) in [5.74, 6) is -0.416. The molecule has 3 rings (SSSR count). The van der Waals surface area contributed by atoms with E-state index in [0.717, 1.165) is 54.8 Å². The largest absolute Gasteiger partial charge is 0.369 e. The lowest BCUT2D eigenvalue weighted by atomic mass is 10.1. The van der Waals surface area contributed by atoms with Crippen LogP contribution in [0.5, 0.6) is 0 Å². The molecule has 8 heteroatoms. The first-order valence-corrected chi connectivity index (χ1v) is 12.4. The first-order chi connectivity index (χ1) is 15.3. The Bertz CT molecular complexity index is 1060. The summed E-state index contributed by atoms with van der Waals surface area (Å²) in [7, 11) is -3.72. The van der Waals surface area contributed by atoms with Crippen LogP contribution in [0.1, 0.15) is 23.6 Å². The maximum absolute atomic E-state index is 12.3. The molecule has 0 atom stereocenters. The summed E-state index contributed by atoms with van der Waals surface area (Å²) in [5, 5.41) is 3.84. The Morgan fingerprint density at radius 2 is 1.72 bits per heavy atom.